The molecule has 1 aliphatic carbocycles. The number of halogens is 2. The minimum Gasteiger partial charge on any atom is -0.489 e. The number of hydrogen-bond acceptors (Lipinski definition) is 9. The Morgan fingerprint density at radius 2 is 1.56 bits per heavy atom. The average Bonchev–Trinajstić information content (AvgIpc) is 3.49. The molecular formula is C33H34I2O9S. The predicted molar refractivity (Wildman–Crippen MR) is 184 cm³/mol. The zero-order valence-electron chi connectivity index (χ0n) is 24.9. The second-order valence-corrected chi connectivity index (χ2v) is 14.7. The molecule has 4 rings (SSSR count). The van der Waals surface area contributed by atoms with Gasteiger partial charge in [-0.2, -0.15) is 0 Å². The van der Waals surface area contributed by atoms with Gasteiger partial charge in [-0.3, -0.25) is 0 Å². The van der Waals surface area contributed by atoms with Gasteiger partial charge in [0.15, 0.2) is 6.29 Å². The highest BCUT2D eigenvalue weighted by atomic mass is 127. The van der Waals surface area contributed by atoms with Gasteiger partial charge in [-0.05, 0) is 145 Å². The van der Waals surface area contributed by atoms with E-state index in [9.17, 15) is 18.0 Å². The lowest BCUT2D eigenvalue weighted by atomic mass is 9.98. The van der Waals surface area contributed by atoms with Crippen LogP contribution in [0.15, 0.2) is 83.1 Å². The highest BCUT2D eigenvalue weighted by molar-refractivity contribution is 14.1. The van der Waals surface area contributed by atoms with Crippen LogP contribution in [0.4, 0.5) is 0 Å². The Morgan fingerprint density at radius 3 is 2.13 bits per heavy atom. The van der Waals surface area contributed by atoms with Crippen molar-refractivity contribution in [3.63, 3.8) is 0 Å². The van der Waals surface area contributed by atoms with Gasteiger partial charge in [0.1, 0.15) is 35.0 Å². The van der Waals surface area contributed by atoms with E-state index in [1.165, 1.54) is 36.4 Å². The molecule has 0 saturated heterocycles. The van der Waals surface area contributed by atoms with E-state index in [1.807, 2.05) is 6.07 Å². The summed E-state index contributed by atoms with van der Waals surface area (Å²) in [6.07, 6.45) is 5.01. The summed E-state index contributed by atoms with van der Waals surface area (Å²) < 4.78 is 56.4. The Kier molecular flexibility index (Phi) is 12.3. The normalized spacial score (nSPS) is 14.8. The highest BCUT2D eigenvalue weighted by Crippen LogP contribution is 2.38. The molecule has 0 spiro atoms. The summed E-state index contributed by atoms with van der Waals surface area (Å²) in [5.41, 5.74) is -0.00806. The van der Waals surface area contributed by atoms with Gasteiger partial charge >= 0.3 is 11.9 Å². The maximum absolute atomic E-state index is 13.2. The van der Waals surface area contributed by atoms with Crippen molar-refractivity contribution in [3.8, 4) is 17.2 Å². The quantitative estimate of drug-likeness (QED) is 0.0406. The number of hydrogen-bond donors (Lipinski definition) is 0. The zero-order chi connectivity index (χ0) is 32.6. The molecule has 0 N–H and O–H groups in total. The van der Waals surface area contributed by atoms with Crippen LogP contribution in [0.25, 0.3) is 0 Å². The number of ether oxygens (including phenoxy) is 5. The summed E-state index contributed by atoms with van der Waals surface area (Å²) in [6, 6.07) is 15.2. The standard InChI is InChI=1S/C33H34I2O9S/c1-4-30(36)43-25-10-14-27(15-11-25)45(38,39)26-12-8-24(9-13-26)42-22(3)40-18-19-41-31-28(20-23(34)21-29(31)35)32(37)44-33(5-2)16-6-7-17-33/h4,8-15,20-22H,1,5-7,16-19H2,2-3H3. The van der Waals surface area contributed by atoms with Crippen LogP contribution in [0.5, 0.6) is 17.2 Å². The molecule has 0 heterocycles. The maximum Gasteiger partial charge on any atom is 0.342 e. The van der Waals surface area contributed by atoms with Gasteiger partial charge in [0.05, 0.1) is 20.0 Å². The molecule has 0 aliphatic heterocycles. The Bertz CT molecular complexity index is 1620. The fourth-order valence-corrected chi connectivity index (χ4v) is 8.18. The van der Waals surface area contributed by atoms with Crippen LogP contribution < -0.4 is 14.2 Å². The second kappa shape index (κ2) is 15.7. The van der Waals surface area contributed by atoms with Crippen LogP contribution >= 0.6 is 45.2 Å². The van der Waals surface area contributed by atoms with Crippen LogP contribution in [0.2, 0.25) is 0 Å². The van der Waals surface area contributed by atoms with Crippen molar-refractivity contribution in [1.82, 2.24) is 0 Å². The third-order valence-corrected chi connectivity index (χ3v) is 10.5. The molecule has 0 aromatic heterocycles. The third-order valence-electron chi connectivity index (χ3n) is 7.33. The molecule has 12 heteroatoms. The van der Waals surface area contributed by atoms with E-state index in [4.69, 9.17) is 23.7 Å². The van der Waals surface area contributed by atoms with Crippen molar-refractivity contribution in [2.75, 3.05) is 13.2 Å². The van der Waals surface area contributed by atoms with Crippen molar-refractivity contribution >= 4 is 67.0 Å². The molecule has 1 fully saturated rings. The van der Waals surface area contributed by atoms with Crippen LogP contribution in [0, 0.1) is 7.14 Å². The summed E-state index contributed by atoms with van der Waals surface area (Å²) >= 11 is 4.33. The van der Waals surface area contributed by atoms with Gasteiger partial charge in [0, 0.05) is 9.65 Å². The lowest BCUT2D eigenvalue weighted by Gasteiger charge is -2.28. The number of esters is 2. The van der Waals surface area contributed by atoms with Gasteiger partial charge in [-0.25, -0.2) is 18.0 Å². The summed E-state index contributed by atoms with van der Waals surface area (Å²) in [7, 11) is -3.80. The Balaban J connectivity index is 1.30. The Hall–Kier alpha value is -2.69. The molecule has 9 nitrogen and oxygen atoms in total. The first kappa shape index (κ1) is 35.2. The first-order chi connectivity index (χ1) is 21.5. The topological polar surface area (TPSA) is 114 Å². The summed E-state index contributed by atoms with van der Waals surface area (Å²) in [4.78, 5) is 24.7. The van der Waals surface area contributed by atoms with E-state index in [0.29, 0.717) is 17.1 Å². The highest BCUT2D eigenvalue weighted by Gasteiger charge is 2.37. The van der Waals surface area contributed by atoms with Gasteiger partial charge < -0.3 is 23.7 Å². The summed E-state index contributed by atoms with van der Waals surface area (Å²) in [5.74, 6) is 0.0829. The van der Waals surface area contributed by atoms with Crippen molar-refractivity contribution < 1.29 is 41.7 Å². The number of sulfone groups is 1. The van der Waals surface area contributed by atoms with Crippen LogP contribution in [-0.2, 0) is 24.1 Å². The average molecular weight is 861 g/mol. The molecule has 240 valence electrons. The van der Waals surface area contributed by atoms with Gasteiger partial charge in [-0.1, -0.05) is 13.5 Å². The molecule has 0 radical (unpaired) electrons. The van der Waals surface area contributed by atoms with Crippen molar-refractivity contribution in [1.29, 1.82) is 0 Å². The van der Waals surface area contributed by atoms with Crippen molar-refractivity contribution in [2.24, 2.45) is 0 Å². The van der Waals surface area contributed by atoms with Crippen LogP contribution in [0.1, 0.15) is 56.3 Å². The Labute approximate surface area is 290 Å². The molecule has 1 aliphatic rings. The van der Waals surface area contributed by atoms with E-state index < -0.39 is 27.7 Å². The van der Waals surface area contributed by atoms with Gasteiger partial charge in [-0.15, -0.1) is 0 Å². The zero-order valence-corrected chi connectivity index (χ0v) is 30.1. The number of carbonyl (C=O) groups is 2. The number of benzene rings is 3. The molecule has 3 aromatic carbocycles. The molecule has 3 aromatic rings. The molecule has 45 heavy (non-hydrogen) atoms. The van der Waals surface area contributed by atoms with Gasteiger partial charge in [0.2, 0.25) is 9.84 Å². The van der Waals surface area contributed by atoms with Gasteiger partial charge in [0.25, 0.3) is 0 Å². The fraction of sp³-hybridized carbons (Fsp3) is 0.333. The largest absolute Gasteiger partial charge is 0.489 e. The minimum atomic E-state index is -3.80. The van der Waals surface area contributed by atoms with Crippen molar-refractivity contribution in [2.45, 2.75) is 67.6 Å². The Morgan fingerprint density at radius 1 is 0.956 bits per heavy atom. The molecule has 1 atom stereocenters. The van der Waals surface area contributed by atoms with Crippen LogP contribution in [-0.4, -0.2) is 45.5 Å². The molecule has 0 bridgehead atoms. The van der Waals surface area contributed by atoms with E-state index in [0.717, 1.165) is 45.3 Å². The predicted octanol–water partition coefficient (Wildman–Crippen LogP) is 7.52. The summed E-state index contributed by atoms with van der Waals surface area (Å²) in [6.45, 7) is 7.46. The molecule has 0 amide bonds. The maximum atomic E-state index is 13.2. The minimum absolute atomic E-state index is 0.0499. The van der Waals surface area contributed by atoms with E-state index in [1.54, 1.807) is 25.1 Å². The van der Waals surface area contributed by atoms with E-state index in [-0.39, 0.29) is 34.7 Å². The lowest BCUT2D eigenvalue weighted by molar-refractivity contribution is -0.128. The van der Waals surface area contributed by atoms with Crippen LogP contribution in [0.3, 0.4) is 0 Å². The first-order valence-electron chi connectivity index (χ1n) is 14.4. The molecule has 1 saturated carbocycles. The van der Waals surface area contributed by atoms with E-state index >= 15 is 0 Å². The fourth-order valence-electron chi connectivity index (χ4n) is 4.92. The molecule has 1 unspecified atom stereocenters. The van der Waals surface area contributed by atoms with E-state index in [2.05, 4.69) is 58.7 Å². The monoisotopic (exact) mass is 860 g/mol. The first-order valence-corrected chi connectivity index (χ1v) is 18.0. The SMILES string of the molecule is C=CC(=O)Oc1ccc(S(=O)(=O)c2ccc(OC(C)OCCOc3c(I)cc(I)cc3C(=O)OC3(CC)CCCC3)cc2)cc1. The van der Waals surface area contributed by atoms with Crippen molar-refractivity contribution in [3.05, 3.63) is 86.0 Å². The lowest BCUT2D eigenvalue weighted by Crippen LogP contribution is -2.31. The summed E-state index contributed by atoms with van der Waals surface area (Å²) in [5, 5.41) is 0. The third kappa shape index (κ3) is 9.20. The molecular weight excluding hydrogens is 826 g/mol. The smallest absolute Gasteiger partial charge is 0.342 e. The number of carbonyl (C=O) groups excluding carboxylic acids is 2. The second-order valence-electron chi connectivity index (χ2n) is 10.4. The number of rotatable bonds is 14.